The molecule has 0 radical (unpaired) electrons. The lowest BCUT2D eigenvalue weighted by atomic mass is 9.79. The van der Waals surface area contributed by atoms with Crippen LogP contribution in [0.25, 0.3) is 0 Å². The average molecular weight is 645 g/mol. The van der Waals surface area contributed by atoms with Crippen LogP contribution in [0.1, 0.15) is 38.7 Å². The molecular weight excluding hydrogens is 608 g/mol. The molecule has 0 aromatic heterocycles. The molecule has 2 saturated heterocycles. The Morgan fingerprint density at radius 2 is 1.29 bits per heavy atom. The minimum absolute atomic E-state index is 0.0138. The zero-order valence-electron chi connectivity index (χ0n) is 26.7. The molecule has 4 atom stereocenters. The number of hydrogen-bond acceptors (Lipinski definition) is 8. The van der Waals surface area contributed by atoms with Gasteiger partial charge in [0.25, 0.3) is 0 Å². The number of fused-ring (bicyclic) bond motifs is 2. The zero-order chi connectivity index (χ0) is 33.1. The first-order chi connectivity index (χ1) is 23.5. The number of para-hydroxylation sites is 1. The van der Waals surface area contributed by atoms with E-state index < -0.39 is 35.5 Å². The Kier molecular flexibility index (Phi) is 8.73. The van der Waals surface area contributed by atoms with Gasteiger partial charge in [0.05, 0.1) is 33.0 Å². The second-order valence-corrected chi connectivity index (χ2v) is 11.9. The standard InChI is InChI=1S/C40H36O8/c1-43-31-21-17-29(18-22-31)40(28-13-7-4-8-14-28,30-19-23-32(44-2)24-20-30)46-26-39-25-45-36(37(39)41)35(48-39)33-15-9-10-16-34(33)47-38(42)27-11-5-3-6-12-27/h3-24,35-37,41H,25-26H2,1-2H3. The molecule has 8 nitrogen and oxygen atoms in total. The van der Waals surface area contributed by atoms with Gasteiger partial charge in [-0.15, -0.1) is 0 Å². The average Bonchev–Trinajstić information content (AvgIpc) is 3.61. The molecular formula is C40H36O8. The minimum atomic E-state index is -1.20. The molecule has 5 aromatic carbocycles. The molecule has 2 aliphatic heterocycles. The Balaban J connectivity index is 1.24. The number of aliphatic hydroxyl groups is 1. The molecule has 5 aromatic rings. The van der Waals surface area contributed by atoms with Crippen molar-refractivity contribution in [2.45, 2.75) is 29.5 Å². The maximum Gasteiger partial charge on any atom is 0.343 e. The van der Waals surface area contributed by atoms with Gasteiger partial charge in [-0.25, -0.2) is 4.79 Å². The van der Waals surface area contributed by atoms with Gasteiger partial charge in [0.1, 0.15) is 46.8 Å². The first-order valence-corrected chi connectivity index (χ1v) is 15.8. The number of carbonyl (C=O) groups excluding carboxylic acids is 1. The number of rotatable bonds is 11. The van der Waals surface area contributed by atoms with E-state index in [4.69, 9.17) is 28.4 Å². The summed E-state index contributed by atoms with van der Waals surface area (Å²) in [5.74, 6) is 1.28. The van der Waals surface area contributed by atoms with Crippen LogP contribution >= 0.6 is 0 Å². The second kappa shape index (κ2) is 13.3. The predicted molar refractivity (Wildman–Crippen MR) is 178 cm³/mol. The lowest BCUT2D eigenvalue weighted by Gasteiger charge is -2.39. The maximum atomic E-state index is 13.0. The molecule has 0 saturated carbocycles. The van der Waals surface area contributed by atoms with Crippen LogP contribution in [0.4, 0.5) is 0 Å². The van der Waals surface area contributed by atoms with Gasteiger partial charge in [-0.2, -0.15) is 0 Å². The molecule has 4 unspecified atom stereocenters. The predicted octanol–water partition coefficient (Wildman–Crippen LogP) is 6.50. The van der Waals surface area contributed by atoms with Crippen molar-refractivity contribution in [3.63, 3.8) is 0 Å². The van der Waals surface area contributed by atoms with E-state index in [2.05, 4.69) is 0 Å². The summed E-state index contributed by atoms with van der Waals surface area (Å²) < 4.78 is 36.8. The van der Waals surface area contributed by atoms with Crippen LogP contribution < -0.4 is 14.2 Å². The summed E-state index contributed by atoms with van der Waals surface area (Å²) >= 11 is 0. The van der Waals surface area contributed by atoms with E-state index in [9.17, 15) is 9.90 Å². The topological polar surface area (TPSA) is 92.7 Å². The van der Waals surface area contributed by atoms with Crippen LogP contribution in [0.2, 0.25) is 0 Å². The highest BCUT2D eigenvalue weighted by Gasteiger charge is 2.62. The van der Waals surface area contributed by atoms with Crippen LogP contribution in [0, 0.1) is 0 Å². The Morgan fingerprint density at radius 1 is 0.750 bits per heavy atom. The molecule has 48 heavy (non-hydrogen) atoms. The van der Waals surface area contributed by atoms with Gasteiger partial charge in [-0.3, -0.25) is 0 Å². The van der Waals surface area contributed by atoms with Crippen molar-refractivity contribution in [3.05, 3.63) is 161 Å². The number of esters is 1. The molecule has 1 N–H and O–H groups in total. The van der Waals surface area contributed by atoms with E-state index in [1.165, 1.54) is 0 Å². The summed E-state index contributed by atoms with van der Waals surface area (Å²) in [5, 5.41) is 11.7. The fraction of sp³-hybridized carbons (Fsp3) is 0.225. The number of aliphatic hydroxyl groups excluding tert-OH is 1. The summed E-state index contributed by atoms with van der Waals surface area (Å²) in [5.41, 5.74) is 1.31. The third kappa shape index (κ3) is 5.63. The summed E-state index contributed by atoms with van der Waals surface area (Å²) in [6.45, 7) is 0.109. The minimum Gasteiger partial charge on any atom is -0.497 e. The van der Waals surface area contributed by atoms with E-state index in [-0.39, 0.29) is 13.2 Å². The first kappa shape index (κ1) is 31.6. The molecule has 2 fully saturated rings. The highest BCUT2D eigenvalue weighted by molar-refractivity contribution is 5.91. The number of methoxy groups -OCH3 is 2. The van der Waals surface area contributed by atoms with Crippen molar-refractivity contribution in [2.75, 3.05) is 27.4 Å². The van der Waals surface area contributed by atoms with E-state index in [0.29, 0.717) is 28.4 Å². The molecule has 7 rings (SSSR count). The van der Waals surface area contributed by atoms with Crippen LogP contribution in [-0.4, -0.2) is 56.3 Å². The van der Waals surface area contributed by atoms with Gasteiger partial charge in [0.15, 0.2) is 0 Å². The van der Waals surface area contributed by atoms with Crippen LogP contribution in [0.3, 0.4) is 0 Å². The normalized spacial score (nSPS) is 21.5. The Labute approximate surface area is 279 Å². The molecule has 244 valence electrons. The van der Waals surface area contributed by atoms with Gasteiger partial charge in [0.2, 0.25) is 0 Å². The van der Waals surface area contributed by atoms with Crippen LogP contribution in [0.15, 0.2) is 133 Å². The molecule has 2 aliphatic rings. The molecule has 0 amide bonds. The van der Waals surface area contributed by atoms with Crippen LogP contribution in [0.5, 0.6) is 17.2 Å². The van der Waals surface area contributed by atoms with Crippen LogP contribution in [-0.2, 0) is 19.8 Å². The number of hydrogen-bond donors (Lipinski definition) is 1. The van der Waals surface area contributed by atoms with Crippen molar-refractivity contribution < 1.29 is 38.3 Å². The third-order valence-electron chi connectivity index (χ3n) is 9.17. The van der Waals surface area contributed by atoms with Crippen molar-refractivity contribution in [1.29, 1.82) is 0 Å². The second-order valence-electron chi connectivity index (χ2n) is 11.9. The molecule has 2 heterocycles. The van der Waals surface area contributed by atoms with E-state index >= 15 is 0 Å². The van der Waals surface area contributed by atoms with E-state index in [1.54, 1.807) is 50.6 Å². The molecule has 2 bridgehead atoms. The lowest BCUT2D eigenvalue weighted by molar-refractivity contribution is -0.185. The van der Waals surface area contributed by atoms with Gasteiger partial charge >= 0.3 is 5.97 Å². The fourth-order valence-electron chi connectivity index (χ4n) is 6.64. The zero-order valence-corrected chi connectivity index (χ0v) is 26.7. The fourth-order valence-corrected chi connectivity index (χ4v) is 6.64. The molecule has 8 heteroatoms. The number of carbonyl (C=O) groups is 1. The van der Waals surface area contributed by atoms with Crippen molar-refractivity contribution in [3.8, 4) is 17.2 Å². The van der Waals surface area contributed by atoms with E-state index in [0.717, 1.165) is 16.7 Å². The number of benzene rings is 5. The summed E-state index contributed by atoms with van der Waals surface area (Å²) in [6, 6.07) is 41.4. The summed E-state index contributed by atoms with van der Waals surface area (Å²) in [4.78, 5) is 13.0. The monoisotopic (exact) mass is 644 g/mol. The highest BCUT2D eigenvalue weighted by Crippen LogP contribution is 2.51. The van der Waals surface area contributed by atoms with E-state index in [1.807, 2.05) is 97.1 Å². The highest BCUT2D eigenvalue weighted by atomic mass is 16.7. The third-order valence-corrected chi connectivity index (χ3v) is 9.17. The maximum absolute atomic E-state index is 13.0. The Bertz CT molecular complexity index is 1800. The SMILES string of the molecule is COc1ccc(C(OCC23COC(C(c4ccccc4OC(=O)c4ccccc4)O2)C3O)(c2ccccc2)c2ccc(OC)cc2)cc1. The Morgan fingerprint density at radius 3 is 1.90 bits per heavy atom. The van der Waals surface area contributed by atoms with Crippen molar-refractivity contribution >= 4 is 5.97 Å². The van der Waals surface area contributed by atoms with Crippen molar-refractivity contribution in [1.82, 2.24) is 0 Å². The van der Waals surface area contributed by atoms with Crippen molar-refractivity contribution in [2.24, 2.45) is 0 Å². The largest absolute Gasteiger partial charge is 0.497 e. The summed E-state index contributed by atoms with van der Waals surface area (Å²) in [7, 11) is 3.26. The van der Waals surface area contributed by atoms with Gasteiger partial charge < -0.3 is 33.5 Å². The quantitative estimate of drug-likeness (QED) is 0.0990. The van der Waals surface area contributed by atoms with Gasteiger partial charge in [-0.1, -0.05) is 91.0 Å². The molecule has 0 spiro atoms. The summed E-state index contributed by atoms with van der Waals surface area (Å²) in [6.07, 6.45) is -2.41. The Hall–Kier alpha value is -4.99. The van der Waals surface area contributed by atoms with Gasteiger partial charge in [-0.05, 0) is 59.2 Å². The lowest BCUT2D eigenvalue weighted by Crippen LogP contribution is -2.48. The van der Waals surface area contributed by atoms with Gasteiger partial charge in [0, 0.05) is 5.56 Å². The first-order valence-electron chi connectivity index (χ1n) is 15.8. The number of ether oxygens (including phenoxy) is 6. The molecule has 0 aliphatic carbocycles. The smallest absolute Gasteiger partial charge is 0.343 e.